The molecule has 0 amide bonds. The van der Waals surface area contributed by atoms with Gasteiger partial charge >= 0.3 is 5.97 Å². The van der Waals surface area contributed by atoms with E-state index >= 15 is 0 Å². The van der Waals surface area contributed by atoms with Crippen LogP contribution >= 0.6 is 0 Å². The Morgan fingerprint density at radius 2 is 2.10 bits per heavy atom. The number of esters is 1. The van der Waals surface area contributed by atoms with Crippen LogP contribution in [0.15, 0.2) is 30.3 Å². The number of hydrogen-bond acceptors (Lipinski definition) is 4. The zero-order valence-electron chi connectivity index (χ0n) is 12.3. The highest BCUT2D eigenvalue weighted by Crippen LogP contribution is 2.39. The van der Waals surface area contributed by atoms with E-state index in [2.05, 4.69) is 17.0 Å². The highest BCUT2D eigenvalue weighted by Gasteiger charge is 2.47. The number of ketones is 1. The van der Waals surface area contributed by atoms with E-state index in [1.807, 2.05) is 18.2 Å². The van der Waals surface area contributed by atoms with Gasteiger partial charge in [-0.2, -0.15) is 0 Å². The third-order valence-electron chi connectivity index (χ3n) is 4.81. The van der Waals surface area contributed by atoms with Crippen LogP contribution in [0, 0.1) is 5.92 Å². The molecule has 0 spiro atoms. The Morgan fingerprint density at radius 1 is 1.33 bits per heavy atom. The lowest BCUT2D eigenvalue weighted by Gasteiger charge is -2.32. The molecule has 21 heavy (non-hydrogen) atoms. The van der Waals surface area contributed by atoms with Crippen molar-refractivity contribution in [2.24, 2.45) is 5.92 Å². The van der Waals surface area contributed by atoms with Crippen molar-refractivity contribution >= 4 is 11.8 Å². The van der Waals surface area contributed by atoms with E-state index in [0.29, 0.717) is 31.1 Å². The van der Waals surface area contributed by atoms with Gasteiger partial charge in [-0.3, -0.25) is 14.5 Å². The van der Waals surface area contributed by atoms with Crippen molar-refractivity contribution in [1.29, 1.82) is 0 Å². The summed E-state index contributed by atoms with van der Waals surface area (Å²) >= 11 is 0. The van der Waals surface area contributed by atoms with E-state index in [4.69, 9.17) is 4.74 Å². The van der Waals surface area contributed by atoms with Crippen LogP contribution in [-0.4, -0.2) is 35.8 Å². The molecule has 1 heterocycles. The molecule has 0 aromatic heterocycles. The van der Waals surface area contributed by atoms with Gasteiger partial charge < -0.3 is 4.74 Å². The maximum Gasteiger partial charge on any atom is 0.323 e. The van der Waals surface area contributed by atoms with Crippen LogP contribution < -0.4 is 0 Å². The number of ether oxygens (including phenoxy) is 1. The Bertz CT molecular complexity index is 528. The number of fused-ring (bicyclic) bond motifs is 1. The van der Waals surface area contributed by atoms with Crippen LogP contribution in [0.5, 0.6) is 0 Å². The molecule has 1 saturated carbocycles. The molecule has 0 radical (unpaired) electrons. The van der Waals surface area contributed by atoms with Crippen molar-refractivity contribution in [1.82, 2.24) is 4.90 Å². The van der Waals surface area contributed by atoms with Gasteiger partial charge in [0.05, 0.1) is 7.11 Å². The molecule has 0 unspecified atom stereocenters. The van der Waals surface area contributed by atoms with Crippen LogP contribution in [0.1, 0.15) is 31.2 Å². The fraction of sp³-hybridized carbons (Fsp3) is 0.529. The summed E-state index contributed by atoms with van der Waals surface area (Å²) in [5.74, 6) is 0.586. The van der Waals surface area contributed by atoms with Gasteiger partial charge in [0.2, 0.25) is 0 Å². The second kappa shape index (κ2) is 5.98. The molecule has 0 bridgehead atoms. The molecule has 1 aromatic carbocycles. The Labute approximate surface area is 125 Å². The van der Waals surface area contributed by atoms with Crippen molar-refractivity contribution < 1.29 is 14.3 Å². The molecule has 112 valence electrons. The first-order valence-corrected chi connectivity index (χ1v) is 7.58. The molecular weight excluding hydrogens is 266 g/mol. The van der Waals surface area contributed by atoms with Crippen molar-refractivity contribution in [2.75, 3.05) is 7.11 Å². The molecule has 4 nitrogen and oxygen atoms in total. The first-order chi connectivity index (χ1) is 10.2. The summed E-state index contributed by atoms with van der Waals surface area (Å²) in [6.45, 7) is 0.703. The first-order valence-electron chi connectivity index (χ1n) is 7.58. The van der Waals surface area contributed by atoms with Gasteiger partial charge in [0.15, 0.2) is 0 Å². The van der Waals surface area contributed by atoms with Gasteiger partial charge in [-0.15, -0.1) is 0 Å². The smallest absolute Gasteiger partial charge is 0.323 e. The number of Topliss-reactive ketones (excluding diaryl/α,β-unsaturated/α-hetero) is 1. The number of likely N-dealkylation sites (tertiary alicyclic amines) is 1. The molecule has 1 aromatic rings. The van der Waals surface area contributed by atoms with Crippen molar-refractivity contribution in [3.63, 3.8) is 0 Å². The Balaban J connectivity index is 1.84. The van der Waals surface area contributed by atoms with Crippen LogP contribution in [0.3, 0.4) is 0 Å². The minimum atomic E-state index is -0.212. The van der Waals surface area contributed by atoms with Gasteiger partial charge in [0, 0.05) is 25.4 Å². The van der Waals surface area contributed by atoms with Crippen LogP contribution in [0.4, 0.5) is 0 Å². The number of carbonyl (C=O) groups excluding carboxylic acids is 2. The third-order valence-corrected chi connectivity index (χ3v) is 4.81. The Hall–Kier alpha value is -1.68. The summed E-state index contributed by atoms with van der Waals surface area (Å²) in [5.41, 5.74) is 1.17. The number of nitrogens with zero attached hydrogens (tertiary/aromatic N) is 1. The Morgan fingerprint density at radius 3 is 2.81 bits per heavy atom. The van der Waals surface area contributed by atoms with Crippen LogP contribution in [-0.2, 0) is 20.9 Å². The van der Waals surface area contributed by atoms with Gasteiger partial charge in [-0.25, -0.2) is 0 Å². The van der Waals surface area contributed by atoms with E-state index in [1.54, 1.807) is 0 Å². The van der Waals surface area contributed by atoms with Crippen LogP contribution in [0.2, 0.25) is 0 Å². The molecule has 3 rings (SSSR count). The lowest BCUT2D eigenvalue weighted by Crippen LogP contribution is -2.43. The van der Waals surface area contributed by atoms with Crippen molar-refractivity contribution in [2.45, 2.75) is 44.3 Å². The SMILES string of the molecule is COC(=O)[C@@H]1C[C@H]2CCC(=O)C[C@H]2N1Cc1ccccc1. The van der Waals surface area contributed by atoms with E-state index in [-0.39, 0.29) is 18.1 Å². The van der Waals surface area contributed by atoms with E-state index in [9.17, 15) is 9.59 Å². The van der Waals surface area contributed by atoms with Crippen LogP contribution in [0.25, 0.3) is 0 Å². The average molecular weight is 287 g/mol. The minimum absolute atomic E-state index is 0.173. The summed E-state index contributed by atoms with van der Waals surface area (Å²) in [6, 6.07) is 10.1. The zero-order valence-corrected chi connectivity index (χ0v) is 12.3. The second-order valence-corrected chi connectivity index (χ2v) is 6.04. The fourth-order valence-corrected chi connectivity index (χ4v) is 3.75. The number of carbonyl (C=O) groups is 2. The monoisotopic (exact) mass is 287 g/mol. The summed E-state index contributed by atoms with van der Waals surface area (Å²) in [4.78, 5) is 26.1. The molecule has 1 saturated heterocycles. The predicted octanol–water partition coefficient (Wildman–Crippen LogP) is 2.17. The van der Waals surface area contributed by atoms with Crippen molar-refractivity contribution in [3.8, 4) is 0 Å². The summed E-state index contributed by atoms with van der Waals surface area (Å²) in [6.07, 6.45) is 2.96. The minimum Gasteiger partial charge on any atom is -0.468 e. The summed E-state index contributed by atoms with van der Waals surface area (Å²) in [5, 5.41) is 0. The molecule has 2 aliphatic rings. The average Bonchev–Trinajstić information content (AvgIpc) is 2.86. The van der Waals surface area contributed by atoms with Gasteiger partial charge in [0.25, 0.3) is 0 Å². The molecule has 4 heteroatoms. The van der Waals surface area contributed by atoms with Gasteiger partial charge in [-0.1, -0.05) is 30.3 Å². The summed E-state index contributed by atoms with van der Waals surface area (Å²) in [7, 11) is 1.44. The molecule has 1 aliphatic heterocycles. The lowest BCUT2D eigenvalue weighted by atomic mass is 9.84. The number of methoxy groups -OCH3 is 1. The molecule has 0 N–H and O–H groups in total. The lowest BCUT2D eigenvalue weighted by molar-refractivity contribution is -0.147. The highest BCUT2D eigenvalue weighted by atomic mass is 16.5. The highest BCUT2D eigenvalue weighted by molar-refractivity contribution is 5.81. The predicted molar refractivity (Wildman–Crippen MR) is 78.5 cm³/mol. The fourth-order valence-electron chi connectivity index (χ4n) is 3.75. The topological polar surface area (TPSA) is 46.6 Å². The number of hydrogen-bond donors (Lipinski definition) is 0. The second-order valence-electron chi connectivity index (χ2n) is 6.04. The third kappa shape index (κ3) is 2.86. The summed E-state index contributed by atoms with van der Waals surface area (Å²) < 4.78 is 4.97. The Kier molecular flexibility index (Phi) is 4.06. The quantitative estimate of drug-likeness (QED) is 0.799. The number of benzene rings is 1. The molecule has 2 fully saturated rings. The maximum atomic E-state index is 12.1. The standard InChI is InChI=1S/C17H21NO3/c1-21-17(20)16-9-13-7-8-14(19)10-15(13)18(16)11-12-5-3-2-4-6-12/h2-6,13,15-16H,7-11H2,1H3/t13-,15-,16+/m1/s1. The maximum absolute atomic E-state index is 12.1. The molecule has 1 aliphatic carbocycles. The van der Waals surface area contributed by atoms with E-state index < -0.39 is 0 Å². The number of rotatable bonds is 3. The molecule has 3 atom stereocenters. The van der Waals surface area contributed by atoms with E-state index in [1.165, 1.54) is 12.7 Å². The molecular formula is C17H21NO3. The van der Waals surface area contributed by atoms with Crippen molar-refractivity contribution in [3.05, 3.63) is 35.9 Å². The normalized spacial score (nSPS) is 29.2. The zero-order chi connectivity index (χ0) is 14.8. The first kappa shape index (κ1) is 14.3. The van der Waals surface area contributed by atoms with E-state index in [0.717, 1.165) is 12.8 Å². The van der Waals surface area contributed by atoms with Gasteiger partial charge in [-0.05, 0) is 24.3 Å². The van der Waals surface area contributed by atoms with Gasteiger partial charge in [0.1, 0.15) is 11.8 Å². The largest absolute Gasteiger partial charge is 0.468 e.